The van der Waals surface area contributed by atoms with Crippen molar-refractivity contribution in [3.05, 3.63) is 11.8 Å². The molecule has 12 unspecified atom stereocenters. The maximum atomic E-state index is 14.1. The summed E-state index contributed by atoms with van der Waals surface area (Å²) in [5, 5.41) is 82.0. The monoisotopic (exact) mass is 1180 g/mol. The third-order valence-electron chi connectivity index (χ3n) is 12.5. The van der Waals surface area contributed by atoms with Crippen molar-refractivity contribution >= 4 is 82.7 Å². The van der Waals surface area contributed by atoms with Crippen LogP contribution < -0.4 is 65.1 Å². The summed E-state index contributed by atoms with van der Waals surface area (Å²) >= 11 is 5.84. The number of hydrogen-bond donors (Lipinski definition) is 18. The number of amides is 9. The van der Waals surface area contributed by atoms with E-state index in [0.717, 1.165) is 51.5 Å². The number of nitrogens with one attached hydrogen (secondary N) is 9. The molecule has 32 heteroatoms. The molecule has 1 rings (SSSR count). The molecule has 0 bridgehead atoms. The number of aliphatic hydroxyl groups is 4. The highest BCUT2D eigenvalue weighted by atomic mass is 35.5. The van der Waals surface area contributed by atoms with Crippen LogP contribution in [0.3, 0.4) is 0 Å². The summed E-state index contributed by atoms with van der Waals surface area (Å²) < 4.78 is 5.26. The number of alkyl halides is 1. The van der Waals surface area contributed by atoms with Crippen LogP contribution in [-0.2, 0) is 62.3 Å². The van der Waals surface area contributed by atoms with E-state index in [1.165, 1.54) is 6.92 Å². The second kappa shape index (κ2) is 38.9. The molecule has 21 N–H and O–H groups in total. The van der Waals surface area contributed by atoms with Gasteiger partial charge in [0.15, 0.2) is 12.1 Å². The van der Waals surface area contributed by atoms with Crippen molar-refractivity contribution < 1.29 is 92.9 Å². The van der Waals surface area contributed by atoms with Crippen LogP contribution >= 0.6 is 11.6 Å². The maximum absolute atomic E-state index is 14.1. The van der Waals surface area contributed by atoms with Crippen molar-refractivity contribution in [1.82, 2.24) is 47.9 Å². The van der Waals surface area contributed by atoms with E-state index >= 15 is 0 Å². The zero-order valence-electron chi connectivity index (χ0n) is 45.7. The van der Waals surface area contributed by atoms with Crippen molar-refractivity contribution in [2.75, 3.05) is 32.1 Å². The smallest absolute Gasteiger partial charge is 0.335 e. The minimum atomic E-state index is -2.83. The minimum Gasteiger partial charge on any atom is -0.481 e. The van der Waals surface area contributed by atoms with Crippen molar-refractivity contribution in [1.29, 1.82) is 0 Å². The number of carboxylic acids is 2. The summed E-state index contributed by atoms with van der Waals surface area (Å²) in [5.41, 5.74) is 16.4. The number of esters is 1. The van der Waals surface area contributed by atoms with Gasteiger partial charge in [0, 0.05) is 0 Å². The number of halogens is 1. The molecule has 31 nitrogen and oxygen atoms in total. The van der Waals surface area contributed by atoms with E-state index in [2.05, 4.69) is 44.1 Å². The Morgan fingerprint density at radius 3 is 1.68 bits per heavy atom. The van der Waals surface area contributed by atoms with Gasteiger partial charge in [-0.2, -0.15) is 0 Å². The molecule has 0 radical (unpaired) electrons. The molecule has 1 saturated heterocycles. The molecule has 460 valence electrons. The number of rotatable bonds is 26. The van der Waals surface area contributed by atoms with Crippen LogP contribution in [0.1, 0.15) is 117 Å². The number of hydrogen-bond acceptors (Lipinski definition) is 20. The standard InChI is InChI=1S/C49H83ClN12O19/c1-4-6-7-8-9-10-11-14-26(64)21-34(66)54-32-24-81-49(80)37(33(65)23-50)61-47(77)38(39(69)48(78)79)62-40(70)27(5-2)55-46(76)36(25(3)63)60-43(73)30(17-20-53)57-41(71)28(15-12-13-18-51)56-44(74)31(22-35(67)68)59-42(72)29(16-19-52)58-45(32)75/h5,25-26,28-33,36-39,63-65,69H,4,6-24,51-53H2,1-3H3,(H,54,66)(H,55,76)(H,56,74)(H,57,71)(H,58,75)(H,59,72)(H,60,73)(H,61,77)(H,62,70)(H,67,68)(H,78,79)/b27-5-. The first-order valence-corrected chi connectivity index (χ1v) is 27.2. The van der Waals surface area contributed by atoms with Gasteiger partial charge in [0.25, 0.3) is 5.91 Å². The first-order chi connectivity index (χ1) is 38.3. The van der Waals surface area contributed by atoms with Gasteiger partial charge < -0.3 is 100 Å². The molecular weight excluding hydrogens is 1100 g/mol. The zero-order valence-corrected chi connectivity index (χ0v) is 46.5. The fraction of sp³-hybridized carbons (Fsp3) is 0.714. The Kier molecular flexibility index (Phi) is 34.8. The molecule has 81 heavy (non-hydrogen) atoms. The molecule has 0 aromatic heterocycles. The summed E-state index contributed by atoms with van der Waals surface area (Å²) in [5.74, 6) is -17.8. The van der Waals surface area contributed by atoms with Crippen LogP contribution in [0.5, 0.6) is 0 Å². The fourth-order valence-corrected chi connectivity index (χ4v) is 8.05. The quantitative estimate of drug-likeness (QED) is 0.0166. The van der Waals surface area contributed by atoms with Gasteiger partial charge >= 0.3 is 17.9 Å². The Hall–Kier alpha value is -6.61. The zero-order chi connectivity index (χ0) is 61.4. The van der Waals surface area contributed by atoms with Crippen molar-refractivity contribution in [2.45, 2.75) is 190 Å². The van der Waals surface area contributed by atoms with Gasteiger partial charge in [-0.25, -0.2) is 9.59 Å². The molecule has 0 aromatic carbocycles. The number of allylic oxidation sites excluding steroid dienone is 1. The Morgan fingerprint density at radius 1 is 0.642 bits per heavy atom. The molecule has 1 aliphatic rings. The second-order valence-corrected chi connectivity index (χ2v) is 19.5. The number of cyclic esters (lactones) is 1. The molecule has 0 saturated carbocycles. The highest BCUT2D eigenvalue weighted by Gasteiger charge is 2.41. The predicted octanol–water partition coefficient (Wildman–Crippen LogP) is -5.94. The lowest BCUT2D eigenvalue weighted by Crippen LogP contribution is -2.62. The maximum Gasteiger partial charge on any atom is 0.335 e. The molecule has 0 aromatic rings. The molecule has 12 atom stereocenters. The summed E-state index contributed by atoms with van der Waals surface area (Å²) in [6, 6.07) is -15.8. The van der Waals surface area contributed by atoms with Gasteiger partial charge in [-0.05, 0) is 72.0 Å². The summed E-state index contributed by atoms with van der Waals surface area (Å²) in [6.45, 7) is 2.56. The Labute approximate surface area is 473 Å². The van der Waals surface area contributed by atoms with Crippen molar-refractivity contribution in [2.24, 2.45) is 17.2 Å². The molecule has 0 aliphatic carbocycles. The molecular formula is C49H83ClN12O19. The predicted molar refractivity (Wildman–Crippen MR) is 286 cm³/mol. The van der Waals surface area contributed by atoms with E-state index in [-0.39, 0.29) is 45.3 Å². The number of aliphatic hydroxyl groups excluding tert-OH is 4. The Balaban J connectivity index is 4.06. The number of ether oxygens (including phenoxy) is 1. The average Bonchev–Trinajstić information content (AvgIpc) is 3.41. The lowest BCUT2D eigenvalue weighted by Gasteiger charge is -2.28. The highest BCUT2D eigenvalue weighted by Crippen LogP contribution is 2.13. The minimum absolute atomic E-state index is 0.123. The van der Waals surface area contributed by atoms with Gasteiger partial charge in [0.1, 0.15) is 54.6 Å². The van der Waals surface area contributed by atoms with E-state index in [1.54, 1.807) is 0 Å². The molecule has 1 fully saturated rings. The van der Waals surface area contributed by atoms with Crippen molar-refractivity contribution in [3.8, 4) is 0 Å². The number of aliphatic carboxylic acids is 2. The summed E-state index contributed by atoms with van der Waals surface area (Å²) in [7, 11) is 0. The van der Waals surface area contributed by atoms with Crippen LogP contribution in [-0.4, -0.2) is 207 Å². The number of carboxylic acid groups (broad SMARTS) is 2. The number of unbranched alkanes of at least 4 members (excludes halogenated alkanes) is 7. The van der Waals surface area contributed by atoms with Crippen molar-refractivity contribution in [3.63, 3.8) is 0 Å². The normalized spacial score (nSPS) is 24.8. The van der Waals surface area contributed by atoms with Gasteiger partial charge in [0.2, 0.25) is 47.3 Å². The van der Waals surface area contributed by atoms with Crippen LogP contribution in [0.15, 0.2) is 11.8 Å². The van der Waals surface area contributed by atoms with E-state index in [0.29, 0.717) is 12.8 Å². The fourth-order valence-electron chi connectivity index (χ4n) is 7.87. The molecule has 1 heterocycles. The van der Waals surface area contributed by atoms with Crippen LogP contribution in [0.4, 0.5) is 0 Å². The number of nitrogens with two attached hydrogens (primary N) is 3. The Bertz CT molecular complexity index is 2160. The average molecular weight is 1180 g/mol. The van der Waals surface area contributed by atoms with E-state index in [9.17, 15) is 88.2 Å². The second-order valence-electron chi connectivity index (χ2n) is 19.2. The summed E-state index contributed by atoms with van der Waals surface area (Å²) in [4.78, 5) is 162. The number of carbonyl (C=O) groups is 12. The van der Waals surface area contributed by atoms with Crippen LogP contribution in [0.25, 0.3) is 0 Å². The van der Waals surface area contributed by atoms with E-state index < -0.39 is 181 Å². The SMILES string of the molecule is C/C=C1\NC(=O)C(C(C)O)NC(=O)C(CCN)NC(=O)C(CCCCN)NC(=O)C(CC(=O)O)NC(=O)C(CCN)NC(=O)C(NC(=O)CC(O)CCCCCCCCC)COC(=O)C(C(O)CCl)NC(=O)C(C(O)C(=O)O)NC1=O. The summed E-state index contributed by atoms with van der Waals surface area (Å²) in [6.07, 6.45) is -2.79. The molecule has 1 aliphatic heterocycles. The van der Waals surface area contributed by atoms with E-state index in [4.69, 9.17) is 33.5 Å². The first-order valence-electron chi connectivity index (χ1n) is 26.7. The van der Waals surface area contributed by atoms with Gasteiger partial charge in [-0.1, -0.05) is 57.9 Å². The lowest BCUT2D eigenvalue weighted by molar-refractivity contribution is -0.155. The largest absolute Gasteiger partial charge is 0.481 e. The Morgan fingerprint density at radius 2 is 1.16 bits per heavy atom. The van der Waals surface area contributed by atoms with Crippen LogP contribution in [0, 0.1) is 0 Å². The molecule has 9 amide bonds. The first kappa shape index (κ1) is 72.4. The van der Waals surface area contributed by atoms with Gasteiger partial charge in [-0.3, -0.25) is 47.9 Å². The topological polar surface area (TPSA) is 522 Å². The van der Waals surface area contributed by atoms with E-state index in [1.807, 2.05) is 10.6 Å². The third-order valence-corrected chi connectivity index (χ3v) is 12.8. The van der Waals surface area contributed by atoms with Gasteiger partial charge in [-0.15, -0.1) is 11.6 Å². The van der Waals surface area contributed by atoms with Gasteiger partial charge in [0.05, 0.1) is 37.0 Å². The highest BCUT2D eigenvalue weighted by molar-refractivity contribution is 6.18. The van der Waals surface area contributed by atoms with Crippen LogP contribution in [0.2, 0.25) is 0 Å². The lowest BCUT2D eigenvalue weighted by atomic mass is 10.0. The third kappa shape index (κ3) is 26.7. The number of carbonyl (C=O) groups excluding carboxylic acids is 10. The molecule has 0 spiro atoms.